The van der Waals surface area contributed by atoms with Crippen LogP contribution in [0.5, 0.6) is 0 Å². The van der Waals surface area contributed by atoms with Gasteiger partial charge in [-0.1, -0.05) is 113 Å². The van der Waals surface area contributed by atoms with Crippen molar-refractivity contribution in [2.45, 2.75) is 0 Å². The summed E-state index contributed by atoms with van der Waals surface area (Å²) in [7, 11) is 0. The molecule has 0 saturated heterocycles. The van der Waals surface area contributed by atoms with Crippen molar-refractivity contribution in [2.24, 2.45) is 0 Å². The quantitative estimate of drug-likeness (QED) is 0.250. The summed E-state index contributed by atoms with van der Waals surface area (Å²) in [6.45, 7) is 0. The third kappa shape index (κ3) is 4.38. The van der Waals surface area contributed by atoms with Gasteiger partial charge in [0.15, 0.2) is 0 Å². The number of halogens is 1. The Morgan fingerprint density at radius 2 is 0.677 bits per heavy atom. The van der Waals surface area contributed by atoms with Crippen LogP contribution in [0.3, 0.4) is 0 Å². The standard InChI is InChI=1S/C30H21Br/c31-30-13-7-12-26(21-30)29-19-27(23-10-5-2-6-11-23)18-28(20-29)25-16-14-24(15-17-25)22-8-3-1-4-9-22/h1-21H. The zero-order valence-corrected chi connectivity index (χ0v) is 18.6. The summed E-state index contributed by atoms with van der Waals surface area (Å²) in [4.78, 5) is 0. The van der Waals surface area contributed by atoms with E-state index in [0.717, 1.165) is 4.47 Å². The lowest BCUT2D eigenvalue weighted by molar-refractivity contribution is 1.55. The highest BCUT2D eigenvalue weighted by atomic mass is 79.9. The Hall–Kier alpha value is -3.42. The molecule has 0 unspecified atom stereocenters. The Morgan fingerprint density at radius 1 is 0.290 bits per heavy atom. The van der Waals surface area contributed by atoms with Gasteiger partial charge in [0, 0.05) is 4.47 Å². The molecule has 0 amide bonds. The van der Waals surface area contributed by atoms with Crippen LogP contribution in [0.4, 0.5) is 0 Å². The van der Waals surface area contributed by atoms with Crippen molar-refractivity contribution in [1.82, 2.24) is 0 Å². The molecule has 5 rings (SSSR count). The second kappa shape index (κ2) is 8.75. The molecule has 0 aromatic heterocycles. The second-order valence-corrected chi connectivity index (χ2v) is 8.53. The smallest absolute Gasteiger partial charge is 0.0181 e. The number of hydrogen-bond acceptors (Lipinski definition) is 0. The van der Waals surface area contributed by atoms with Crippen molar-refractivity contribution in [3.8, 4) is 44.5 Å². The molecule has 0 N–H and O–H groups in total. The molecule has 0 aliphatic rings. The average Bonchev–Trinajstić information content (AvgIpc) is 2.85. The van der Waals surface area contributed by atoms with Crippen LogP contribution in [0, 0.1) is 0 Å². The molecule has 0 radical (unpaired) electrons. The van der Waals surface area contributed by atoms with E-state index >= 15 is 0 Å². The van der Waals surface area contributed by atoms with Gasteiger partial charge in [-0.3, -0.25) is 0 Å². The largest absolute Gasteiger partial charge is 0.0622 e. The van der Waals surface area contributed by atoms with Gasteiger partial charge in [0.25, 0.3) is 0 Å². The minimum Gasteiger partial charge on any atom is -0.0622 e. The summed E-state index contributed by atoms with van der Waals surface area (Å²) in [5.41, 5.74) is 9.77. The summed E-state index contributed by atoms with van der Waals surface area (Å²) in [6.07, 6.45) is 0. The fourth-order valence-corrected chi connectivity index (χ4v) is 4.31. The lowest BCUT2D eigenvalue weighted by atomic mass is 9.92. The first-order chi connectivity index (χ1) is 15.3. The van der Waals surface area contributed by atoms with E-state index < -0.39 is 0 Å². The first kappa shape index (κ1) is 19.5. The first-order valence-corrected chi connectivity index (χ1v) is 11.2. The van der Waals surface area contributed by atoms with Crippen molar-refractivity contribution in [2.75, 3.05) is 0 Å². The molecule has 0 aliphatic carbocycles. The second-order valence-electron chi connectivity index (χ2n) is 7.62. The van der Waals surface area contributed by atoms with Crippen LogP contribution in [-0.2, 0) is 0 Å². The maximum absolute atomic E-state index is 3.62. The zero-order valence-electron chi connectivity index (χ0n) is 17.0. The van der Waals surface area contributed by atoms with Gasteiger partial charge >= 0.3 is 0 Å². The van der Waals surface area contributed by atoms with Crippen LogP contribution in [0.15, 0.2) is 132 Å². The maximum Gasteiger partial charge on any atom is 0.0181 e. The number of benzene rings is 5. The van der Waals surface area contributed by atoms with Gasteiger partial charge in [0.2, 0.25) is 0 Å². The minimum absolute atomic E-state index is 1.09. The molecular formula is C30H21Br. The number of rotatable bonds is 4. The third-order valence-electron chi connectivity index (χ3n) is 5.52. The van der Waals surface area contributed by atoms with Gasteiger partial charge in [-0.05, 0) is 74.8 Å². The van der Waals surface area contributed by atoms with Gasteiger partial charge < -0.3 is 0 Å². The van der Waals surface area contributed by atoms with Crippen molar-refractivity contribution in [1.29, 1.82) is 0 Å². The fraction of sp³-hybridized carbons (Fsp3) is 0. The van der Waals surface area contributed by atoms with E-state index in [2.05, 4.69) is 143 Å². The third-order valence-corrected chi connectivity index (χ3v) is 6.02. The van der Waals surface area contributed by atoms with Gasteiger partial charge in [0.1, 0.15) is 0 Å². The van der Waals surface area contributed by atoms with Crippen molar-refractivity contribution < 1.29 is 0 Å². The molecule has 0 aliphatic heterocycles. The number of hydrogen-bond donors (Lipinski definition) is 0. The summed E-state index contributed by atoms with van der Waals surface area (Å²) in [5, 5.41) is 0. The van der Waals surface area contributed by atoms with E-state index in [0.29, 0.717) is 0 Å². The molecule has 0 heterocycles. The van der Waals surface area contributed by atoms with Gasteiger partial charge in [-0.25, -0.2) is 0 Å². The summed E-state index contributed by atoms with van der Waals surface area (Å²) >= 11 is 3.62. The molecule has 5 aromatic rings. The predicted octanol–water partition coefficient (Wildman–Crippen LogP) is 9.12. The SMILES string of the molecule is Brc1cccc(-c2cc(-c3ccccc3)cc(-c3ccc(-c4ccccc4)cc3)c2)c1. The molecular weight excluding hydrogens is 440 g/mol. The topological polar surface area (TPSA) is 0 Å². The van der Waals surface area contributed by atoms with E-state index in [1.165, 1.54) is 44.5 Å². The molecule has 31 heavy (non-hydrogen) atoms. The summed E-state index contributed by atoms with van der Waals surface area (Å²) < 4.78 is 1.09. The average molecular weight is 461 g/mol. The molecule has 0 bridgehead atoms. The van der Waals surface area contributed by atoms with Crippen LogP contribution < -0.4 is 0 Å². The predicted molar refractivity (Wildman–Crippen MR) is 136 cm³/mol. The highest BCUT2D eigenvalue weighted by Crippen LogP contribution is 2.34. The lowest BCUT2D eigenvalue weighted by Gasteiger charge is -2.12. The monoisotopic (exact) mass is 460 g/mol. The zero-order chi connectivity index (χ0) is 21.0. The van der Waals surface area contributed by atoms with E-state index in [1.807, 2.05) is 0 Å². The van der Waals surface area contributed by atoms with Gasteiger partial charge in [-0.15, -0.1) is 0 Å². The van der Waals surface area contributed by atoms with Crippen LogP contribution in [-0.4, -0.2) is 0 Å². The van der Waals surface area contributed by atoms with Gasteiger partial charge in [0.05, 0.1) is 0 Å². The van der Waals surface area contributed by atoms with Crippen molar-refractivity contribution in [3.63, 3.8) is 0 Å². The Balaban J connectivity index is 1.61. The van der Waals surface area contributed by atoms with E-state index in [9.17, 15) is 0 Å². The molecule has 0 fully saturated rings. The molecule has 148 valence electrons. The highest BCUT2D eigenvalue weighted by Gasteiger charge is 2.08. The van der Waals surface area contributed by atoms with Crippen molar-refractivity contribution >= 4 is 15.9 Å². The Bertz CT molecular complexity index is 1300. The molecule has 0 nitrogen and oxygen atoms in total. The maximum atomic E-state index is 3.62. The Kier molecular flexibility index (Phi) is 5.52. The normalized spacial score (nSPS) is 10.7. The van der Waals surface area contributed by atoms with E-state index in [-0.39, 0.29) is 0 Å². The fourth-order valence-electron chi connectivity index (χ4n) is 3.91. The van der Waals surface area contributed by atoms with E-state index in [1.54, 1.807) is 0 Å². The van der Waals surface area contributed by atoms with E-state index in [4.69, 9.17) is 0 Å². The molecule has 0 saturated carbocycles. The Labute approximate surface area is 192 Å². The van der Waals surface area contributed by atoms with Crippen LogP contribution in [0.2, 0.25) is 0 Å². The highest BCUT2D eigenvalue weighted by molar-refractivity contribution is 9.10. The molecule has 0 spiro atoms. The minimum atomic E-state index is 1.09. The molecule has 0 atom stereocenters. The van der Waals surface area contributed by atoms with Crippen LogP contribution in [0.1, 0.15) is 0 Å². The molecule has 1 heteroatoms. The van der Waals surface area contributed by atoms with Crippen LogP contribution in [0.25, 0.3) is 44.5 Å². The lowest BCUT2D eigenvalue weighted by Crippen LogP contribution is -1.86. The van der Waals surface area contributed by atoms with Crippen molar-refractivity contribution in [3.05, 3.63) is 132 Å². The summed E-state index contributed by atoms with van der Waals surface area (Å²) in [5.74, 6) is 0. The molecule has 5 aromatic carbocycles. The summed E-state index contributed by atoms with van der Waals surface area (Å²) in [6, 6.07) is 45.3. The van der Waals surface area contributed by atoms with Gasteiger partial charge in [-0.2, -0.15) is 0 Å². The first-order valence-electron chi connectivity index (χ1n) is 10.4. The van der Waals surface area contributed by atoms with Crippen LogP contribution >= 0.6 is 15.9 Å². The Morgan fingerprint density at radius 3 is 1.19 bits per heavy atom.